The van der Waals surface area contributed by atoms with E-state index in [1.807, 2.05) is 18.2 Å². The molecule has 0 bridgehead atoms. The molecule has 2 aromatic rings. The first-order valence-electron chi connectivity index (χ1n) is 6.06. The number of nitrogens with one attached hydrogen (secondary N) is 1. The average Bonchev–Trinajstić information content (AvgIpc) is 2.67. The summed E-state index contributed by atoms with van der Waals surface area (Å²) in [4.78, 5) is 3.18. The standard InChI is InChI=1S/C13H17ClN2OS/c1-3-5-9(8-17-2)16-11-7-4-6-10(14)12(11)15-13(16)18/h4,6-7,9H,3,5,8H2,1-2H3,(H,15,18). The summed E-state index contributed by atoms with van der Waals surface area (Å²) in [5.74, 6) is 0. The van der Waals surface area contributed by atoms with Crippen molar-refractivity contribution >= 4 is 34.9 Å². The van der Waals surface area contributed by atoms with Crippen LogP contribution in [0.4, 0.5) is 0 Å². The molecule has 2 rings (SSSR count). The minimum absolute atomic E-state index is 0.250. The van der Waals surface area contributed by atoms with Crippen LogP contribution in [0.15, 0.2) is 18.2 Å². The topological polar surface area (TPSA) is 29.9 Å². The molecule has 1 aromatic heterocycles. The Kier molecular flexibility index (Phi) is 4.43. The lowest BCUT2D eigenvalue weighted by Gasteiger charge is -2.18. The highest BCUT2D eigenvalue weighted by atomic mass is 35.5. The van der Waals surface area contributed by atoms with E-state index < -0.39 is 0 Å². The Morgan fingerprint density at radius 2 is 2.28 bits per heavy atom. The lowest BCUT2D eigenvalue weighted by Crippen LogP contribution is -2.14. The molecule has 1 atom stereocenters. The maximum absolute atomic E-state index is 6.18. The van der Waals surface area contributed by atoms with E-state index >= 15 is 0 Å². The van der Waals surface area contributed by atoms with Gasteiger partial charge in [-0.25, -0.2) is 0 Å². The second-order valence-electron chi connectivity index (χ2n) is 4.33. The Bertz CT molecular complexity index is 584. The van der Waals surface area contributed by atoms with Gasteiger partial charge in [-0.15, -0.1) is 0 Å². The van der Waals surface area contributed by atoms with Crippen LogP contribution in [0, 0.1) is 4.77 Å². The number of methoxy groups -OCH3 is 1. The predicted molar refractivity (Wildman–Crippen MR) is 78.0 cm³/mol. The van der Waals surface area contributed by atoms with Crippen LogP contribution in [-0.2, 0) is 4.74 Å². The number of para-hydroxylation sites is 1. The highest BCUT2D eigenvalue weighted by Gasteiger charge is 2.15. The van der Waals surface area contributed by atoms with E-state index in [1.54, 1.807) is 7.11 Å². The fraction of sp³-hybridized carbons (Fsp3) is 0.462. The number of imidazole rings is 1. The second-order valence-corrected chi connectivity index (χ2v) is 5.13. The van der Waals surface area contributed by atoms with Crippen molar-refractivity contribution in [1.29, 1.82) is 0 Å². The minimum Gasteiger partial charge on any atom is -0.383 e. The number of nitrogens with zero attached hydrogens (tertiary/aromatic N) is 1. The van der Waals surface area contributed by atoms with Crippen LogP contribution in [-0.4, -0.2) is 23.3 Å². The maximum Gasteiger partial charge on any atom is 0.178 e. The van der Waals surface area contributed by atoms with Gasteiger partial charge in [0.05, 0.1) is 28.7 Å². The van der Waals surface area contributed by atoms with Gasteiger partial charge in [0, 0.05) is 7.11 Å². The van der Waals surface area contributed by atoms with Gasteiger partial charge in [0.15, 0.2) is 4.77 Å². The number of halogens is 1. The maximum atomic E-state index is 6.18. The van der Waals surface area contributed by atoms with E-state index in [0.29, 0.717) is 16.4 Å². The smallest absolute Gasteiger partial charge is 0.178 e. The first-order valence-corrected chi connectivity index (χ1v) is 6.85. The molecule has 5 heteroatoms. The lowest BCUT2D eigenvalue weighted by molar-refractivity contribution is 0.151. The highest BCUT2D eigenvalue weighted by molar-refractivity contribution is 7.71. The summed E-state index contributed by atoms with van der Waals surface area (Å²) in [7, 11) is 1.72. The van der Waals surface area contributed by atoms with Crippen LogP contribution >= 0.6 is 23.8 Å². The summed E-state index contributed by atoms with van der Waals surface area (Å²) in [5.41, 5.74) is 1.95. The molecule has 0 spiro atoms. The molecule has 0 aliphatic carbocycles. The average molecular weight is 285 g/mol. The van der Waals surface area contributed by atoms with Crippen LogP contribution in [0.2, 0.25) is 5.02 Å². The van der Waals surface area contributed by atoms with Gasteiger partial charge in [-0.2, -0.15) is 0 Å². The number of hydrogen-bond donors (Lipinski definition) is 1. The van der Waals surface area contributed by atoms with Crippen molar-refractivity contribution in [2.75, 3.05) is 13.7 Å². The Morgan fingerprint density at radius 1 is 1.50 bits per heavy atom. The zero-order valence-electron chi connectivity index (χ0n) is 10.6. The summed E-state index contributed by atoms with van der Waals surface area (Å²) in [6, 6.07) is 6.09. The van der Waals surface area contributed by atoms with Gasteiger partial charge in [0.1, 0.15) is 0 Å². The van der Waals surface area contributed by atoms with Crippen molar-refractivity contribution in [3.05, 3.63) is 28.0 Å². The molecule has 0 fully saturated rings. The predicted octanol–water partition coefficient (Wildman–Crippen LogP) is 4.34. The molecule has 98 valence electrons. The van der Waals surface area contributed by atoms with Crippen LogP contribution in [0.5, 0.6) is 0 Å². The summed E-state index contributed by atoms with van der Waals surface area (Å²) in [5, 5.41) is 0.699. The zero-order chi connectivity index (χ0) is 13.1. The van der Waals surface area contributed by atoms with Crippen LogP contribution in [0.25, 0.3) is 11.0 Å². The summed E-state index contributed by atoms with van der Waals surface area (Å²) >= 11 is 11.6. The summed E-state index contributed by atoms with van der Waals surface area (Å²) in [6.07, 6.45) is 2.12. The van der Waals surface area contributed by atoms with E-state index in [2.05, 4.69) is 16.5 Å². The summed E-state index contributed by atoms with van der Waals surface area (Å²) in [6.45, 7) is 2.82. The number of aromatic amines is 1. The van der Waals surface area contributed by atoms with Crippen LogP contribution in [0.3, 0.4) is 0 Å². The third-order valence-corrected chi connectivity index (χ3v) is 3.66. The van der Waals surface area contributed by atoms with Crippen molar-refractivity contribution < 1.29 is 4.74 Å². The number of rotatable bonds is 5. The second kappa shape index (κ2) is 5.87. The van der Waals surface area contributed by atoms with Gasteiger partial charge in [-0.3, -0.25) is 0 Å². The van der Waals surface area contributed by atoms with Gasteiger partial charge in [-0.1, -0.05) is 31.0 Å². The first-order chi connectivity index (χ1) is 8.69. The molecule has 0 saturated heterocycles. The number of aromatic nitrogens is 2. The van der Waals surface area contributed by atoms with Crippen molar-refractivity contribution in [2.24, 2.45) is 0 Å². The Labute approximate surface area is 117 Å². The third-order valence-electron chi connectivity index (χ3n) is 3.05. The lowest BCUT2D eigenvalue weighted by atomic mass is 10.1. The monoisotopic (exact) mass is 284 g/mol. The zero-order valence-corrected chi connectivity index (χ0v) is 12.1. The van der Waals surface area contributed by atoms with Gasteiger partial charge in [-0.05, 0) is 30.8 Å². The molecule has 1 heterocycles. The van der Waals surface area contributed by atoms with Gasteiger partial charge in [0.25, 0.3) is 0 Å². The van der Waals surface area contributed by atoms with Crippen molar-refractivity contribution in [1.82, 2.24) is 9.55 Å². The molecule has 3 nitrogen and oxygen atoms in total. The molecule has 0 amide bonds. The molecular formula is C13H17ClN2OS. The van der Waals surface area contributed by atoms with Crippen LogP contribution in [0.1, 0.15) is 25.8 Å². The van der Waals surface area contributed by atoms with E-state index in [9.17, 15) is 0 Å². The summed E-state index contributed by atoms with van der Waals surface area (Å²) < 4.78 is 8.12. The van der Waals surface area contributed by atoms with Crippen molar-refractivity contribution in [2.45, 2.75) is 25.8 Å². The molecular weight excluding hydrogens is 268 g/mol. The van der Waals surface area contributed by atoms with E-state index in [0.717, 1.165) is 23.9 Å². The molecule has 1 aromatic carbocycles. The number of H-pyrrole nitrogens is 1. The van der Waals surface area contributed by atoms with E-state index in [-0.39, 0.29) is 6.04 Å². The van der Waals surface area contributed by atoms with Gasteiger partial charge >= 0.3 is 0 Å². The van der Waals surface area contributed by atoms with Crippen LogP contribution < -0.4 is 0 Å². The molecule has 0 aliphatic heterocycles. The molecule has 1 N–H and O–H groups in total. The third kappa shape index (κ3) is 2.46. The van der Waals surface area contributed by atoms with E-state index in [1.165, 1.54) is 0 Å². The quantitative estimate of drug-likeness (QED) is 0.828. The number of benzene rings is 1. The Morgan fingerprint density at radius 3 is 2.94 bits per heavy atom. The molecule has 0 radical (unpaired) electrons. The number of ether oxygens (including phenoxy) is 1. The molecule has 1 unspecified atom stereocenters. The van der Waals surface area contributed by atoms with Crippen molar-refractivity contribution in [3.63, 3.8) is 0 Å². The van der Waals surface area contributed by atoms with Gasteiger partial charge in [0.2, 0.25) is 0 Å². The number of fused-ring (bicyclic) bond motifs is 1. The Balaban J connectivity index is 2.58. The first kappa shape index (κ1) is 13.6. The molecule has 0 aliphatic rings. The fourth-order valence-electron chi connectivity index (χ4n) is 2.29. The molecule has 18 heavy (non-hydrogen) atoms. The van der Waals surface area contributed by atoms with E-state index in [4.69, 9.17) is 28.6 Å². The van der Waals surface area contributed by atoms with Crippen molar-refractivity contribution in [3.8, 4) is 0 Å². The normalized spacial score (nSPS) is 13.1. The largest absolute Gasteiger partial charge is 0.383 e. The molecule has 0 saturated carbocycles. The minimum atomic E-state index is 0.250. The fourth-order valence-corrected chi connectivity index (χ4v) is 2.86. The number of hydrogen-bond acceptors (Lipinski definition) is 2. The Hall–Kier alpha value is -0.840. The van der Waals surface area contributed by atoms with Gasteiger partial charge < -0.3 is 14.3 Å². The highest BCUT2D eigenvalue weighted by Crippen LogP contribution is 2.27. The SMILES string of the molecule is CCCC(COC)n1c(=S)[nH]c2c(Cl)cccc21.